The summed E-state index contributed by atoms with van der Waals surface area (Å²) in [6, 6.07) is 17.0. The number of allylic oxidation sites excluding steroid dienone is 1. The smallest absolute Gasteiger partial charge is 0.410 e. The Morgan fingerprint density at radius 3 is 2.50 bits per heavy atom. The zero-order valence-electron chi connectivity index (χ0n) is 19.0. The van der Waals surface area contributed by atoms with Crippen LogP contribution < -0.4 is 4.74 Å². The quantitative estimate of drug-likeness (QED) is 0.509. The zero-order chi connectivity index (χ0) is 23.0. The van der Waals surface area contributed by atoms with Crippen LogP contribution in [0.15, 0.2) is 66.7 Å². The van der Waals surface area contributed by atoms with Gasteiger partial charge in [-0.15, -0.1) is 0 Å². The molecule has 0 radical (unpaired) electrons. The fourth-order valence-electron chi connectivity index (χ4n) is 3.42. The fraction of sp³-hybridized carbons (Fsp3) is 0.385. The maximum Gasteiger partial charge on any atom is 0.410 e. The van der Waals surface area contributed by atoms with Crippen molar-refractivity contribution in [3.63, 3.8) is 0 Å². The number of amides is 1. The molecule has 0 saturated carbocycles. The van der Waals surface area contributed by atoms with Crippen LogP contribution in [0.3, 0.4) is 0 Å². The highest BCUT2D eigenvalue weighted by molar-refractivity contribution is 5.71. The molecule has 32 heavy (non-hydrogen) atoms. The molecule has 3 rings (SSSR count). The Morgan fingerprint density at radius 1 is 1.03 bits per heavy atom. The molecule has 1 aliphatic heterocycles. The first-order chi connectivity index (χ1) is 15.3. The zero-order valence-corrected chi connectivity index (χ0v) is 19.0. The van der Waals surface area contributed by atoms with Crippen LogP contribution >= 0.6 is 0 Å². The first-order valence-corrected chi connectivity index (χ1v) is 10.9. The predicted molar refractivity (Wildman–Crippen MR) is 123 cm³/mol. The predicted octanol–water partition coefficient (Wildman–Crippen LogP) is 4.57. The minimum absolute atomic E-state index is 0.0474. The van der Waals surface area contributed by atoms with Crippen molar-refractivity contribution in [2.75, 3.05) is 19.8 Å². The molecule has 1 heterocycles. The summed E-state index contributed by atoms with van der Waals surface area (Å²) in [5.41, 5.74) is 1.36. The molecule has 1 atom stereocenters. The number of nitrogens with zero attached hydrogens (tertiary/aromatic N) is 1. The van der Waals surface area contributed by atoms with E-state index in [0.717, 1.165) is 11.1 Å². The standard InChI is InChI=1S/C26H31NO5/c1-26(2,3)32-25(29)27-16-10-9-14-21-13-7-8-15-23(21)30-19-24(28)31-18-22(27)17-20-11-5-4-6-12-20/h4-13,15,22H,14,16-19H2,1-3H3/t22-/m0/s1. The Hall–Kier alpha value is -3.28. The third kappa shape index (κ3) is 7.15. The second-order valence-electron chi connectivity index (χ2n) is 8.73. The first-order valence-electron chi connectivity index (χ1n) is 10.9. The van der Waals surface area contributed by atoms with E-state index in [4.69, 9.17) is 14.2 Å². The first kappa shape index (κ1) is 23.4. The van der Waals surface area contributed by atoms with E-state index in [2.05, 4.69) is 0 Å². The molecular formula is C26H31NO5. The van der Waals surface area contributed by atoms with Crippen LogP contribution in [0.25, 0.3) is 0 Å². The van der Waals surface area contributed by atoms with Crippen molar-refractivity contribution in [1.29, 1.82) is 0 Å². The number of ether oxygens (including phenoxy) is 3. The number of esters is 1. The molecule has 0 fully saturated rings. The van der Waals surface area contributed by atoms with Crippen molar-refractivity contribution >= 4 is 12.1 Å². The van der Waals surface area contributed by atoms with Gasteiger partial charge in [0.05, 0.1) is 6.04 Å². The lowest BCUT2D eigenvalue weighted by Gasteiger charge is -2.33. The molecule has 1 aliphatic rings. The average Bonchev–Trinajstić information content (AvgIpc) is 2.76. The number of benzene rings is 2. The van der Waals surface area contributed by atoms with Gasteiger partial charge in [0.1, 0.15) is 18.0 Å². The van der Waals surface area contributed by atoms with Gasteiger partial charge in [-0.3, -0.25) is 4.90 Å². The molecule has 0 aliphatic carbocycles. The number of cyclic esters (lactones) is 1. The van der Waals surface area contributed by atoms with Crippen LogP contribution in [0, 0.1) is 0 Å². The summed E-state index contributed by atoms with van der Waals surface area (Å²) < 4.78 is 16.9. The Kier molecular flexibility index (Phi) is 7.92. The summed E-state index contributed by atoms with van der Waals surface area (Å²) in [6.45, 7) is 5.70. The molecule has 0 bridgehead atoms. The van der Waals surface area contributed by atoms with E-state index in [1.807, 2.05) is 87.5 Å². The van der Waals surface area contributed by atoms with Gasteiger partial charge in [-0.05, 0) is 50.8 Å². The molecule has 2 aromatic carbocycles. The van der Waals surface area contributed by atoms with Crippen molar-refractivity contribution in [3.05, 3.63) is 77.9 Å². The lowest BCUT2D eigenvalue weighted by molar-refractivity contribution is -0.147. The van der Waals surface area contributed by atoms with Crippen LogP contribution in [-0.2, 0) is 27.1 Å². The van der Waals surface area contributed by atoms with Gasteiger partial charge in [0.25, 0.3) is 0 Å². The van der Waals surface area contributed by atoms with Gasteiger partial charge in [0.15, 0.2) is 6.61 Å². The van der Waals surface area contributed by atoms with Gasteiger partial charge in [-0.1, -0.05) is 60.7 Å². The van der Waals surface area contributed by atoms with Crippen molar-refractivity contribution in [3.8, 4) is 5.75 Å². The summed E-state index contributed by atoms with van der Waals surface area (Å²) in [7, 11) is 0. The third-order valence-corrected chi connectivity index (χ3v) is 4.94. The molecule has 0 unspecified atom stereocenters. The summed E-state index contributed by atoms with van der Waals surface area (Å²) >= 11 is 0. The van der Waals surface area contributed by atoms with Crippen LogP contribution in [0.4, 0.5) is 4.79 Å². The van der Waals surface area contributed by atoms with Gasteiger partial charge in [0.2, 0.25) is 0 Å². The topological polar surface area (TPSA) is 65.1 Å². The summed E-state index contributed by atoms with van der Waals surface area (Å²) in [5.74, 6) is 0.174. The van der Waals surface area contributed by atoms with Gasteiger partial charge in [-0.25, -0.2) is 9.59 Å². The maximum absolute atomic E-state index is 13.1. The van der Waals surface area contributed by atoms with Gasteiger partial charge in [-0.2, -0.15) is 0 Å². The molecular weight excluding hydrogens is 406 g/mol. The summed E-state index contributed by atoms with van der Waals surface area (Å²) in [5, 5.41) is 0. The Labute approximate surface area is 189 Å². The largest absolute Gasteiger partial charge is 0.482 e. The van der Waals surface area contributed by atoms with E-state index in [-0.39, 0.29) is 19.3 Å². The highest BCUT2D eigenvalue weighted by atomic mass is 16.6. The molecule has 0 N–H and O–H groups in total. The third-order valence-electron chi connectivity index (χ3n) is 4.94. The number of rotatable bonds is 2. The second-order valence-corrected chi connectivity index (χ2v) is 8.73. The number of hydrogen-bond acceptors (Lipinski definition) is 5. The number of para-hydroxylation sites is 1. The van der Waals surface area contributed by atoms with Gasteiger partial charge < -0.3 is 14.2 Å². The highest BCUT2D eigenvalue weighted by Crippen LogP contribution is 2.20. The van der Waals surface area contributed by atoms with Crippen LogP contribution in [-0.4, -0.2) is 48.4 Å². The molecule has 6 heteroatoms. The average molecular weight is 438 g/mol. The number of carbonyl (C=O) groups excluding carboxylic acids is 2. The Balaban J connectivity index is 1.88. The minimum atomic E-state index is -0.636. The number of fused-ring (bicyclic) bond motifs is 1. The van der Waals surface area contributed by atoms with Crippen molar-refractivity contribution < 1.29 is 23.8 Å². The highest BCUT2D eigenvalue weighted by Gasteiger charge is 2.29. The monoisotopic (exact) mass is 437 g/mol. The Morgan fingerprint density at radius 2 is 1.75 bits per heavy atom. The Bertz CT molecular complexity index is 933. The van der Waals surface area contributed by atoms with Gasteiger partial charge in [0, 0.05) is 6.54 Å². The van der Waals surface area contributed by atoms with Crippen LogP contribution in [0.5, 0.6) is 5.75 Å². The molecule has 2 aromatic rings. The fourth-order valence-corrected chi connectivity index (χ4v) is 3.42. The lowest BCUT2D eigenvalue weighted by atomic mass is 10.1. The van der Waals surface area contributed by atoms with E-state index >= 15 is 0 Å². The SMILES string of the molecule is CC(C)(C)OC(=O)N1CC=CCc2ccccc2OCC(=O)OC[C@@H]1Cc1ccccc1. The molecule has 170 valence electrons. The van der Waals surface area contributed by atoms with E-state index in [1.165, 1.54) is 0 Å². The van der Waals surface area contributed by atoms with E-state index in [9.17, 15) is 9.59 Å². The normalized spacial score (nSPS) is 17.7. The minimum Gasteiger partial charge on any atom is -0.482 e. The molecule has 0 spiro atoms. The number of carbonyl (C=O) groups is 2. The number of hydrogen-bond donors (Lipinski definition) is 0. The van der Waals surface area contributed by atoms with E-state index < -0.39 is 17.7 Å². The van der Waals surface area contributed by atoms with Crippen LogP contribution in [0.1, 0.15) is 31.9 Å². The van der Waals surface area contributed by atoms with Crippen LogP contribution in [0.2, 0.25) is 0 Å². The van der Waals surface area contributed by atoms with Crippen molar-refractivity contribution in [2.24, 2.45) is 0 Å². The maximum atomic E-state index is 13.1. The van der Waals surface area contributed by atoms with Crippen molar-refractivity contribution in [1.82, 2.24) is 4.90 Å². The van der Waals surface area contributed by atoms with E-state index in [1.54, 1.807) is 4.90 Å². The van der Waals surface area contributed by atoms with E-state index in [0.29, 0.717) is 25.1 Å². The second kappa shape index (κ2) is 10.8. The summed E-state index contributed by atoms with van der Waals surface area (Å²) in [6.07, 6.45) is 4.66. The van der Waals surface area contributed by atoms with Gasteiger partial charge >= 0.3 is 12.1 Å². The molecule has 0 aromatic heterocycles. The van der Waals surface area contributed by atoms with Crippen molar-refractivity contribution in [2.45, 2.75) is 45.3 Å². The summed E-state index contributed by atoms with van der Waals surface area (Å²) in [4.78, 5) is 27.1. The lowest BCUT2D eigenvalue weighted by Crippen LogP contribution is -2.47. The molecule has 0 saturated heterocycles. The molecule has 6 nitrogen and oxygen atoms in total. The molecule has 1 amide bonds.